The van der Waals surface area contributed by atoms with Crippen LogP contribution in [0.2, 0.25) is 0 Å². The summed E-state index contributed by atoms with van der Waals surface area (Å²) in [6, 6.07) is 7.51. The van der Waals surface area contributed by atoms with Crippen molar-refractivity contribution in [3.05, 3.63) is 41.1 Å². The van der Waals surface area contributed by atoms with Crippen molar-refractivity contribution >= 4 is 22.8 Å². The van der Waals surface area contributed by atoms with E-state index < -0.39 is 5.97 Å². The van der Waals surface area contributed by atoms with Gasteiger partial charge in [-0.2, -0.15) is 0 Å². The first-order valence-corrected chi connectivity index (χ1v) is 8.69. The van der Waals surface area contributed by atoms with E-state index >= 15 is 0 Å². The minimum absolute atomic E-state index is 0.0291. The molecule has 0 saturated carbocycles. The number of fused-ring (bicyclic) bond motifs is 1. The Morgan fingerprint density at radius 1 is 1.20 bits per heavy atom. The first-order valence-electron chi connectivity index (χ1n) is 8.69. The van der Waals surface area contributed by atoms with E-state index in [2.05, 4.69) is 10.3 Å². The van der Waals surface area contributed by atoms with E-state index in [1.807, 2.05) is 58.9 Å². The third-order valence-electron chi connectivity index (χ3n) is 4.50. The molecule has 25 heavy (non-hydrogen) atoms. The van der Waals surface area contributed by atoms with Crippen molar-refractivity contribution < 1.29 is 14.3 Å². The number of carbonyl (C=O) groups excluding carboxylic acids is 2. The smallest absolute Gasteiger partial charge is 0.339 e. The predicted octanol–water partition coefficient (Wildman–Crippen LogP) is 3.42. The molecule has 0 radical (unpaired) electrons. The van der Waals surface area contributed by atoms with Crippen LogP contribution in [0.25, 0.3) is 10.9 Å². The molecule has 0 aliphatic carbocycles. The fraction of sp³-hybridized carbons (Fsp3) is 0.450. The highest BCUT2D eigenvalue weighted by atomic mass is 16.5. The lowest BCUT2D eigenvalue weighted by molar-refractivity contribution is -0.125. The van der Waals surface area contributed by atoms with Crippen LogP contribution in [-0.4, -0.2) is 29.5 Å². The van der Waals surface area contributed by atoms with Gasteiger partial charge in [0.25, 0.3) is 5.91 Å². The fourth-order valence-corrected chi connectivity index (χ4v) is 2.63. The second-order valence-corrected chi connectivity index (χ2v) is 6.61. The Morgan fingerprint density at radius 3 is 2.52 bits per heavy atom. The van der Waals surface area contributed by atoms with E-state index in [1.54, 1.807) is 0 Å². The molecular weight excluding hydrogens is 316 g/mol. The summed E-state index contributed by atoms with van der Waals surface area (Å²) in [5, 5.41) is 3.58. The van der Waals surface area contributed by atoms with Crippen LogP contribution in [0.1, 0.15) is 49.3 Å². The van der Waals surface area contributed by atoms with Crippen molar-refractivity contribution in [2.75, 3.05) is 6.61 Å². The maximum absolute atomic E-state index is 12.6. The van der Waals surface area contributed by atoms with Gasteiger partial charge in [-0.15, -0.1) is 0 Å². The molecule has 1 amide bonds. The average Bonchev–Trinajstić information content (AvgIpc) is 2.59. The van der Waals surface area contributed by atoms with Crippen molar-refractivity contribution in [1.29, 1.82) is 0 Å². The molecular formula is C20H26N2O3. The standard InChI is InChI=1S/C20H26N2O3/c1-6-16-13(4)19(15-9-7-8-10-17(15)22-16)20(24)25-11-18(23)21-14(5)12(2)3/h7-10,12,14H,6,11H2,1-5H3,(H,21,23). The molecule has 1 aromatic carbocycles. The van der Waals surface area contributed by atoms with Gasteiger partial charge in [0.2, 0.25) is 0 Å². The Balaban J connectivity index is 2.22. The number of hydrogen-bond acceptors (Lipinski definition) is 4. The van der Waals surface area contributed by atoms with Gasteiger partial charge in [0.1, 0.15) is 0 Å². The molecule has 0 spiro atoms. The Labute approximate surface area is 148 Å². The Kier molecular flexibility index (Phi) is 6.12. The number of rotatable bonds is 6. The Bertz CT molecular complexity index is 784. The third kappa shape index (κ3) is 4.35. The van der Waals surface area contributed by atoms with Crippen LogP contribution >= 0.6 is 0 Å². The van der Waals surface area contributed by atoms with Crippen LogP contribution in [0, 0.1) is 12.8 Å². The molecule has 5 heteroatoms. The number of ether oxygens (including phenoxy) is 1. The number of benzene rings is 1. The van der Waals surface area contributed by atoms with Gasteiger partial charge in [-0.25, -0.2) is 4.79 Å². The van der Waals surface area contributed by atoms with Crippen LogP contribution in [0.4, 0.5) is 0 Å². The van der Waals surface area contributed by atoms with E-state index in [-0.39, 0.29) is 18.6 Å². The summed E-state index contributed by atoms with van der Waals surface area (Å²) in [5.41, 5.74) is 2.92. The number of pyridine rings is 1. The number of para-hydroxylation sites is 1. The number of nitrogens with one attached hydrogen (secondary N) is 1. The average molecular weight is 342 g/mol. The van der Waals surface area contributed by atoms with Crippen molar-refractivity contribution in [2.24, 2.45) is 5.92 Å². The molecule has 1 heterocycles. The maximum atomic E-state index is 12.6. The number of hydrogen-bond donors (Lipinski definition) is 1. The largest absolute Gasteiger partial charge is 0.452 e. The quantitative estimate of drug-likeness (QED) is 0.817. The molecule has 0 aliphatic heterocycles. The number of carbonyl (C=O) groups is 2. The SMILES string of the molecule is CCc1nc2ccccc2c(C(=O)OCC(=O)NC(C)C(C)C)c1C. The zero-order chi connectivity index (χ0) is 18.6. The van der Waals surface area contributed by atoms with Gasteiger partial charge in [-0.1, -0.05) is 39.0 Å². The summed E-state index contributed by atoms with van der Waals surface area (Å²) >= 11 is 0. The van der Waals surface area contributed by atoms with Crippen LogP contribution in [-0.2, 0) is 16.0 Å². The Hall–Kier alpha value is -2.43. The van der Waals surface area contributed by atoms with Crippen LogP contribution in [0.5, 0.6) is 0 Å². The van der Waals surface area contributed by atoms with E-state index in [1.165, 1.54) is 0 Å². The van der Waals surface area contributed by atoms with Crippen LogP contribution in [0.3, 0.4) is 0 Å². The predicted molar refractivity (Wildman–Crippen MR) is 98.6 cm³/mol. The Morgan fingerprint density at radius 2 is 1.88 bits per heavy atom. The molecule has 134 valence electrons. The fourth-order valence-electron chi connectivity index (χ4n) is 2.63. The highest BCUT2D eigenvalue weighted by molar-refractivity contribution is 6.05. The van der Waals surface area contributed by atoms with E-state index in [0.29, 0.717) is 11.5 Å². The van der Waals surface area contributed by atoms with Gasteiger partial charge in [0, 0.05) is 17.1 Å². The zero-order valence-electron chi connectivity index (χ0n) is 15.6. The van der Waals surface area contributed by atoms with Crippen molar-refractivity contribution in [3.8, 4) is 0 Å². The van der Waals surface area contributed by atoms with Crippen molar-refractivity contribution in [1.82, 2.24) is 10.3 Å². The minimum atomic E-state index is -0.488. The highest BCUT2D eigenvalue weighted by Crippen LogP contribution is 2.24. The first kappa shape index (κ1) is 18.9. The topological polar surface area (TPSA) is 68.3 Å². The summed E-state index contributed by atoms with van der Waals surface area (Å²) in [4.78, 5) is 29.2. The summed E-state index contributed by atoms with van der Waals surface area (Å²) in [7, 11) is 0. The molecule has 0 fully saturated rings. The number of aryl methyl sites for hydroxylation is 1. The third-order valence-corrected chi connectivity index (χ3v) is 4.50. The van der Waals surface area contributed by atoms with E-state index in [0.717, 1.165) is 28.6 Å². The lowest BCUT2D eigenvalue weighted by Gasteiger charge is -2.17. The molecule has 1 atom stereocenters. The first-order chi connectivity index (χ1) is 11.8. The van der Waals surface area contributed by atoms with E-state index in [4.69, 9.17) is 4.74 Å². The normalized spacial score (nSPS) is 12.2. The van der Waals surface area contributed by atoms with E-state index in [9.17, 15) is 9.59 Å². The van der Waals surface area contributed by atoms with Crippen LogP contribution < -0.4 is 5.32 Å². The van der Waals surface area contributed by atoms with Gasteiger partial charge in [0.05, 0.1) is 11.1 Å². The van der Waals surface area contributed by atoms with Gasteiger partial charge < -0.3 is 10.1 Å². The molecule has 1 N–H and O–H groups in total. The van der Waals surface area contributed by atoms with Gasteiger partial charge >= 0.3 is 5.97 Å². The second-order valence-electron chi connectivity index (χ2n) is 6.61. The zero-order valence-corrected chi connectivity index (χ0v) is 15.6. The summed E-state index contributed by atoms with van der Waals surface area (Å²) in [6.07, 6.45) is 0.726. The number of amides is 1. The molecule has 2 aromatic rings. The van der Waals surface area contributed by atoms with Crippen molar-refractivity contribution in [2.45, 2.75) is 47.1 Å². The summed E-state index contributed by atoms with van der Waals surface area (Å²) in [6.45, 7) is 9.56. The molecule has 2 rings (SSSR count). The highest BCUT2D eigenvalue weighted by Gasteiger charge is 2.20. The number of esters is 1. The molecule has 5 nitrogen and oxygen atoms in total. The molecule has 0 saturated heterocycles. The minimum Gasteiger partial charge on any atom is -0.452 e. The maximum Gasteiger partial charge on any atom is 0.339 e. The summed E-state index contributed by atoms with van der Waals surface area (Å²) < 4.78 is 5.28. The lowest BCUT2D eigenvalue weighted by Crippen LogP contribution is -2.38. The monoisotopic (exact) mass is 342 g/mol. The lowest BCUT2D eigenvalue weighted by atomic mass is 10.0. The molecule has 1 aromatic heterocycles. The number of nitrogens with zero attached hydrogens (tertiary/aromatic N) is 1. The second kappa shape index (κ2) is 8.10. The number of aromatic nitrogens is 1. The molecule has 1 unspecified atom stereocenters. The van der Waals surface area contributed by atoms with Gasteiger partial charge in [-0.05, 0) is 37.8 Å². The van der Waals surface area contributed by atoms with Crippen molar-refractivity contribution in [3.63, 3.8) is 0 Å². The van der Waals surface area contributed by atoms with Gasteiger partial charge in [-0.3, -0.25) is 9.78 Å². The summed E-state index contributed by atoms with van der Waals surface area (Å²) in [5.74, 6) is -0.461. The van der Waals surface area contributed by atoms with Gasteiger partial charge in [0.15, 0.2) is 6.61 Å². The van der Waals surface area contributed by atoms with Crippen LogP contribution in [0.15, 0.2) is 24.3 Å². The molecule has 0 bridgehead atoms. The molecule has 0 aliphatic rings.